The van der Waals surface area contributed by atoms with E-state index in [4.69, 9.17) is 0 Å². The van der Waals surface area contributed by atoms with Crippen molar-refractivity contribution in [2.24, 2.45) is 0 Å². The van der Waals surface area contributed by atoms with Crippen molar-refractivity contribution in [3.05, 3.63) is 0 Å². The van der Waals surface area contributed by atoms with Crippen molar-refractivity contribution in [2.45, 2.75) is 70.1 Å². The molecule has 0 atom stereocenters. The summed E-state index contributed by atoms with van der Waals surface area (Å²) in [5.41, 5.74) is -0.491. The molecule has 0 spiro atoms. The summed E-state index contributed by atoms with van der Waals surface area (Å²) in [5, 5.41) is 13.7. The van der Waals surface area contributed by atoms with Gasteiger partial charge in [0.25, 0.3) is 0 Å². The van der Waals surface area contributed by atoms with Crippen LogP contribution >= 0.6 is 0 Å². The van der Waals surface area contributed by atoms with E-state index in [1.807, 2.05) is 0 Å². The second kappa shape index (κ2) is 6.72. The van der Waals surface area contributed by atoms with E-state index < -0.39 is 5.60 Å². The molecule has 1 aliphatic rings. The molecule has 1 saturated carbocycles. The van der Waals surface area contributed by atoms with Gasteiger partial charge in [-0.2, -0.15) is 0 Å². The van der Waals surface area contributed by atoms with Crippen LogP contribution in [0.4, 0.5) is 0 Å². The third-order valence-electron chi connectivity index (χ3n) is 4.59. The zero-order chi connectivity index (χ0) is 12.9. The minimum Gasteiger partial charge on any atom is -0.389 e. The number of aliphatic hydroxyl groups is 1. The van der Waals surface area contributed by atoms with Crippen LogP contribution in [0.2, 0.25) is 0 Å². The summed E-state index contributed by atoms with van der Waals surface area (Å²) in [5.74, 6) is 0. The SMILES string of the molecule is CCC(O)(CC)CN(C)C1CCC(NC)CC1. The molecule has 1 fully saturated rings. The van der Waals surface area contributed by atoms with Crippen LogP contribution in [0, 0.1) is 0 Å². The van der Waals surface area contributed by atoms with Crippen molar-refractivity contribution in [3.63, 3.8) is 0 Å². The van der Waals surface area contributed by atoms with Gasteiger partial charge in [-0.05, 0) is 52.6 Å². The zero-order valence-corrected chi connectivity index (χ0v) is 12.0. The number of nitrogens with one attached hydrogen (secondary N) is 1. The van der Waals surface area contributed by atoms with E-state index in [9.17, 15) is 5.11 Å². The summed E-state index contributed by atoms with van der Waals surface area (Å²) in [6.45, 7) is 4.97. The van der Waals surface area contributed by atoms with Gasteiger partial charge in [0.2, 0.25) is 0 Å². The standard InChI is InChI=1S/C14H30N2O/c1-5-14(17,6-2)11-16(4)13-9-7-12(15-3)8-10-13/h12-13,15,17H,5-11H2,1-4H3. The summed E-state index contributed by atoms with van der Waals surface area (Å²) < 4.78 is 0. The lowest BCUT2D eigenvalue weighted by Crippen LogP contribution is -2.47. The Kier molecular flexibility index (Phi) is 5.90. The van der Waals surface area contributed by atoms with E-state index >= 15 is 0 Å². The molecule has 0 radical (unpaired) electrons. The molecule has 0 aliphatic heterocycles. The van der Waals surface area contributed by atoms with Gasteiger partial charge in [0.15, 0.2) is 0 Å². The van der Waals surface area contributed by atoms with Crippen molar-refractivity contribution >= 4 is 0 Å². The van der Waals surface area contributed by atoms with Crippen LogP contribution in [-0.2, 0) is 0 Å². The molecule has 3 nitrogen and oxygen atoms in total. The van der Waals surface area contributed by atoms with Gasteiger partial charge in [0.1, 0.15) is 0 Å². The van der Waals surface area contributed by atoms with Gasteiger partial charge in [-0.25, -0.2) is 0 Å². The Morgan fingerprint density at radius 1 is 1.18 bits per heavy atom. The molecular weight excluding hydrogens is 212 g/mol. The van der Waals surface area contributed by atoms with Crippen LogP contribution in [0.25, 0.3) is 0 Å². The Bertz CT molecular complexity index is 208. The molecule has 1 aliphatic carbocycles. The number of likely N-dealkylation sites (N-methyl/N-ethyl adjacent to an activating group) is 1. The minimum atomic E-state index is -0.491. The maximum Gasteiger partial charge on any atom is 0.0768 e. The predicted octanol–water partition coefficient (Wildman–Crippen LogP) is 2.00. The summed E-state index contributed by atoms with van der Waals surface area (Å²) >= 11 is 0. The molecule has 0 bridgehead atoms. The van der Waals surface area contributed by atoms with Crippen LogP contribution in [0.15, 0.2) is 0 Å². The number of hydrogen-bond acceptors (Lipinski definition) is 3. The Balaban J connectivity index is 2.41. The summed E-state index contributed by atoms with van der Waals surface area (Å²) in [4.78, 5) is 2.37. The molecular formula is C14H30N2O. The van der Waals surface area contributed by atoms with E-state index in [2.05, 4.69) is 38.2 Å². The van der Waals surface area contributed by atoms with E-state index in [-0.39, 0.29) is 0 Å². The van der Waals surface area contributed by atoms with Crippen LogP contribution in [0.3, 0.4) is 0 Å². The first-order chi connectivity index (χ1) is 8.04. The fourth-order valence-corrected chi connectivity index (χ4v) is 2.87. The van der Waals surface area contributed by atoms with Gasteiger partial charge in [-0.15, -0.1) is 0 Å². The Labute approximate surface area is 107 Å². The minimum absolute atomic E-state index is 0.491. The van der Waals surface area contributed by atoms with Gasteiger partial charge in [0.05, 0.1) is 5.60 Å². The quantitative estimate of drug-likeness (QED) is 0.748. The predicted molar refractivity (Wildman–Crippen MR) is 73.3 cm³/mol. The highest BCUT2D eigenvalue weighted by molar-refractivity contribution is 4.85. The normalized spacial score (nSPS) is 26.5. The molecule has 0 saturated heterocycles. The zero-order valence-electron chi connectivity index (χ0n) is 12.0. The van der Waals surface area contributed by atoms with Crippen molar-refractivity contribution < 1.29 is 5.11 Å². The topological polar surface area (TPSA) is 35.5 Å². The Morgan fingerprint density at radius 3 is 2.12 bits per heavy atom. The Hall–Kier alpha value is -0.120. The van der Waals surface area contributed by atoms with Gasteiger partial charge < -0.3 is 15.3 Å². The lowest BCUT2D eigenvalue weighted by Gasteiger charge is -2.38. The lowest BCUT2D eigenvalue weighted by molar-refractivity contribution is -0.0118. The molecule has 1 rings (SSSR count). The molecule has 102 valence electrons. The van der Waals surface area contributed by atoms with Gasteiger partial charge >= 0.3 is 0 Å². The van der Waals surface area contributed by atoms with Crippen molar-refractivity contribution in [1.29, 1.82) is 0 Å². The molecule has 2 N–H and O–H groups in total. The van der Waals surface area contributed by atoms with Crippen LogP contribution in [-0.4, -0.2) is 48.3 Å². The third kappa shape index (κ3) is 4.23. The smallest absolute Gasteiger partial charge is 0.0768 e. The molecule has 0 aromatic heterocycles. The second-order valence-corrected chi connectivity index (χ2v) is 5.64. The van der Waals surface area contributed by atoms with E-state index in [1.165, 1.54) is 25.7 Å². The number of nitrogens with zero attached hydrogens (tertiary/aromatic N) is 1. The molecule has 0 aromatic carbocycles. The summed E-state index contributed by atoms with van der Waals surface area (Å²) in [6, 6.07) is 1.36. The second-order valence-electron chi connectivity index (χ2n) is 5.64. The van der Waals surface area contributed by atoms with E-state index in [0.29, 0.717) is 12.1 Å². The molecule has 0 unspecified atom stereocenters. The average molecular weight is 242 g/mol. The maximum atomic E-state index is 10.4. The number of rotatable bonds is 6. The van der Waals surface area contributed by atoms with E-state index in [0.717, 1.165) is 19.4 Å². The summed E-state index contributed by atoms with van der Waals surface area (Å²) in [6.07, 6.45) is 6.74. The van der Waals surface area contributed by atoms with Crippen molar-refractivity contribution in [2.75, 3.05) is 20.6 Å². The van der Waals surface area contributed by atoms with Gasteiger partial charge in [-0.3, -0.25) is 0 Å². The van der Waals surface area contributed by atoms with E-state index in [1.54, 1.807) is 0 Å². The molecule has 0 aromatic rings. The average Bonchev–Trinajstić information content (AvgIpc) is 2.38. The highest BCUT2D eigenvalue weighted by atomic mass is 16.3. The van der Waals surface area contributed by atoms with Crippen LogP contribution in [0.1, 0.15) is 52.4 Å². The third-order valence-corrected chi connectivity index (χ3v) is 4.59. The van der Waals surface area contributed by atoms with Crippen molar-refractivity contribution in [1.82, 2.24) is 10.2 Å². The largest absolute Gasteiger partial charge is 0.389 e. The maximum absolute atomic E-state index is 10.4. The first kappa shape index (κ1) is 14.9. The lowest BCUT2D eigenvalue weighted by atomic mass is 9.89. The molecule has 0 amide bonds. The van der Waals surface area contributed by atoms with Crippen molar-refractivity contribution in [3.8, 4) is 0 Å². The molecule has 3 heteroatoms. The van der Waals surface area contributed by atoms with Gasteiger partial charge in [0, 0.05) is 18.6 Å². The molecule has 0 heterocycles. The number of hydrogen-bond donors (Lipinski definition) is 2. The monoisotopic (exact) mass is 242 g/mol. The van der Waals surface area contributed by atoms with Crippen LogP contribution < -0.4 is 5.32 Å². The van der Waals surface area contributed by atoms with Crippen LogP contribution in [0.5, 0.6) is 0 Å². The fourth-order valence-electron chi connectivity index (χ4n) is 2.87. The Morgan fingerprint density at radius 2 is 1.71 bits per heavy atom. The summed E-state index contributed by atoms with van der Waals surface area (Å²) in [7, 11) is 4.22. The fraction of sp³-hybridized carbons (Fsp3) is 1.00. The van der Waals surface area contributed by atoms with Gasteiger partial charge in [-0.1, -0.05) is 13.8 Å². The first-order valence-electron chi connectivity index (χ1n) is 7.14. The highest BCUT2D eigenvalue weighted by Crippen LogP contribution is 2.25. The molecule has 17 heavy (non-hydrogen) atoms. The highest BCUT2D eigenvalue weighted by Gasteiger charge is 2.29. The first-order valence-corrected chi connectivity index (χ1v) is 7.14.